The Kier molecular flexibility index (Phi) is 6.46. The molecule has 2 heterocycles. The highest BCUT2D eigenvalue weighted by Gasteiger charge is 2.14. The number of ether oxygens (including phenoxy) is 3. The van der Waals surface area contributed by atoms with Gasteiger partial charge in [0, 0.05) is 16.3 Å². The molecule has 8 nitrogen and oxygen atoms in total. The molecule has 32 heavy (non-hydrogen) atoms. The Hall–Kier alpha value is -3.72. The van der Waals surface area contributed by atoms with Gasteiger partial charge in [-0.25, -0.2) is 10.1 Å². The van der Waals surface area contributed by atoms with Crippen LogP contribution in [0.15, 0.2) is 52.6 Å². The number of esters is 1. The fourth-order valence-electron chi connectivity index (χ4n) is 3.23. The highest BCUT2D eigenvalue weighted by Crippen LogP contribution is 2.33. The smallest absolute Gasteiger partial charge is 0.312 e. The van der Waals surface area contributed by atoms with Crippen molar-refractivity contribution in [1.82, 2.24) is 15.2 Å². The summed E-state index contributed by atoms with van der Waals surface area (Å²) in [5, 5.41) is 10.2. The van der Waals surface area contributed by atoms with Crippen molar-refractivity contribution in [2.75, 3.05) is 13.7 Å². The van der Waals surface area contributed by atoms with Crippen molar-refractivity contribution in [2.45, 2.75) is 20.0 Å². The minimum atomic E-state index is -0.452. The van der Waals surface area contributed by atoms with Crippen LogP contribution in [-0.2, 0) is 22.6 Å². The standard InChI is InChI=1S/C23H21N3O5S/c1-3-30-19-9-8-14(10-20(19)29-2)23-24-15(13-32-23)12-31-21(27)11-18-16-6-4-5-7-17(16)22(28)26-25-18/h4-10,13H,3,11-12H2,1-2H3,(H,26,28). The molecule has 4 rings (SSSR count). The molecule has 2 aromatic carbocycles. The molecular weight excluding hydrogens is 430 g/mol. The first-order chi connectivity index (χ1) is 15.6. The minimum absolute atomic E-state index is 0.0464. The number of nitrogens with zero attached hydrogens (tertiary/aromatic N) is 2. The zero-order chi connectivity index (χ0) is 22.5. The molecule has 0 fully saturated rings. The van der Waals surface area contributed by atoms with Crippen LogP contribution in [0.25, 0.3) is 21.3 Å². The average molecular weight is 452 g/mol. The number of fused-ring (bicyclic) bond motifs is 1. The fraction of sp³-hybridized carbons (Fsp3) is 0.217. The number of carbonyl (C=O) groups is 1. The molecule has 0 unspecified atom stereocenters. The van der Waals surface area contributed by atoms with Gasteiger partial charge in [0.05, 0.1) is 36.9 Å². The molecule has 1 N–H and O–H groups in total. The van der Waals surface area contributed by atoms with Gasteiger partial charge in [-0.1, -0.05) is 18.2 Å². The molecule has 0 aliphatic carbocycles. The molecule has 0 bridgehead atoms. The van der Waals surface area contributed by atoms with Gasteiger partial charge >= 0.3 is 5.97 Å². The van der Waals surface area contributed by atoms with Crippen LogP contribution in [0.2, 0.25) is 0 Å². The molecule has 9 heteroatoms. The second-order valence-corrected chi connectivity index (χ2v) is 7.68. The van der Waals surface area contributed by atoms with Crippen molar-refractivity contribution in [3.8, 4) is 22.1 Å². The molecule has 164 valence electrons. The summed E-state index contributed by atoms with van der Waals surface area (Å²) < 4.78 is 16.3. The summed E-state index contributed by atoms with van der Waals surface area (Å²) in [5.74, 6) is 0.855. The first-order valence-electron chi connectivity index (χ1n) is 9.96. The lowest BCUT2D eigenvalue weighted by molar-refractivity contribution is -0.144. The minimum Gasteiger partial charge on any atom is -0.493 e. The SMILES string of the molecule is CCOc1ccc(-c2nc(COC(=O)Cc3n[nH]c(=O)c4ccccc34)cs2)cc1OC. The van der Waals surface area contributed by atoms with Gasteiger partial charge in [0.15, 0.2) is 11.5 Å². The lowest BCUT2D eigenvalue weighted by Gasteiger charge is -2.10. The van der Waals surface area contributed by atoms with Crippen molar-refractivity contribution >= 4 is 28.1 Å². The molecule has 0 saturated carbocycles. The van der Waals surface area contributed by atoms with Crippen LogP contribution >= 0.6 is 11.3 Å². The third-order valence-electron chi connectivity index (χ3n) is 4.73. The van der Waals surface area contributed by atoms with E-state index in [0.717, 1.165) is 10.6 Å². The number of rotatable bonds is 8. The van der Waals surface area contributed by atoms with E-state index in [2.05, 4.69) is 15.2 Å². The second-order valence-electron chi connectivity index (χ2n) is 6.83. The number of nitrogens with one attached hydrogen (secondary N) is 1. The van der Waals surface area contributed by atoms with Crippen LogP contribution in [-0.4, -0.2) is 34.9 Å². The van der Waals surface area contributed by atoms with E-state index in [9.17, 15) is 9.59 Å². The van der Waals surface area contributed by atoms with Crippen molar-refractivity contribution in [3.05, 3.63) is 69.6 Å². The van der Waals surface area contributed by atoms with Crippen LogP contribution in [0.4, 0.5) is 0 Å². The van der Waals surface area contributed by atoms with E-state index in [1.807, 2.05) is 30.5 Å². The Morgan fingerprint density at radius 2 is 1.94 bits per heavy atom. The van der Waals surface area contributed by atoms with E-state index in [-0.39, 0.29) is 18.6 Å². The Morgan fingerprint density at radius 1 is 1.12 bits per heavy atom. The van der Waals surface area contributed by atoms with Crippen molar-refractivity contribution < 1.29 is 19.0 Å². The topological polar surface area (TPSA) is 103 Å². The van der Waals surface area contributed by atoms with Crippen molar-refractivity contribution in [2.24, 2.45) is 0 Å². The molecule has 0 saturated heterocycles. The van der Waals surface area contributed by atoms with Gasteiger partial charge in [-0.15, -0.1) is 11.3 Å². The Morgan fingerprint density at radius 3 is 2.72 bits per heavy atom. The van der Waals surface area contributed by atoms with Crippen LogP contribution in [0.5, 0.6) is 11.5 Å². The highest BCUT2D eigenvalue weighted by molar-refractivity contribution is 7.13. The zero-order valence-corrected chi connectivity index (χ0v) is 18.4. The monoisotopic (exact) mass is 451 g/mol. The molecule has 2 aromatic heterocycles. The number of hydrogen-bond acceptors (Lipinski definition) is 8. The molecule has 0 amide bonds. The predicted molar refractivity (Wildman–Crippen MR) is 121 cm³/mol. The summed E-state index contributed by atoms with van der Waals surface area (Å²) in [6.07, 6.45) is -0.0512. The average Bonchev–Trinajstić information content (AvgIpc) is 3.29. The summed E-state index contributed by atoms with van der Waals surface area (Å²) >= 11 is 1.45. The number of benzene rings is 2. The van der Waals surface area contributed by atoms with Crippen LogP contribution in [0, 0.1) is 0 Å². The quantitative estimate of drug-likeness (QED) is 0.407. The van der Waals surface area contributed by atoms with E-state index >= 15 is 0 Å². The molecule has 0 radical (unpaired) electrons. The first kappa shape index (κ1) is 21.5. The summed E-state index contributed by atoms with van der Waals surface area (Å²) in [4.78, 5) is 28.8. The maximum absolute atomic E-state index is 12.4. The van der Waals surface area contributed by atoms with Crippen LogP contribution in [0.1, 0.15) is 18.3 Å². The normalized spacial score (nSPS) is 10.8. The summed E-state index contributed by atoms with van der Waals surface area (Å²) in [6.45, 7) is 2.51. The molecule has 0 aliphatic rings. The van der Waals surface area contributed by atoms with Gasteiger partial charge in [-0.3, -0.25) is 9.59 Å². The lowest BCUT2D eigenvalue weighted by Crippen LogP contribution is -2.15. The second kappa shape index (κ2) is 9.61. The van der Waals surface area contributed by atoms with E-state index in [4.69, 9.17) is 14.2 Å². The largest absolute Gasteiger partial charge is 0.493 e. The van der Waals surface area contributed by atoms with Gasteiger partial charge in [0.25, 0.3) is 5.56 Å². The summed E-state index contributed by atoms with van der Waals surface area (Å²) in [6, 6.07) is 12.6. The lowest BCUT2D eigenvalue weighted by atomic mass is 10.1. The Labute approximate surface area is 187 Å². The Balaban J connectivity index is 1.42. The molecule has 0 spiro atoms. The number of methoxy groups -OCH3 is 1. The van der Waals surface area contributed by atoms with Crippen LogP contribution < -0.4 is 15.0 Å². The number of H-pyrrole nitrogens is 1. The number of carbonyl (C=O) groups excluding carboxylic acids is 1. The van der Waals surface area contributed by atoms with Crippen LogP contribution in [0.3, 0.4) is 0 Å². The van der Waals surface area contributed by atoms with Gasteiger partial charge in [0.2, 0.25) is 0 Å². The molecule has 0 atom stereocenters. The van der Waals surface area contributed by atoms with Gasteiger partial charge in [0.1, 0.15) is 11.6 Å². The summed E-state index contributed by atoms with van der Waals surface area (Å²) in [5.41, 5.74) is 1.70. The van der Waals surface area contributed by atoms with E-state index in [1.54, 1.807) is 31.4 Å². The van der Waals surface area contributed by atoms with Crippen molar-refractivity contribution in [1.29, 1.82) is 0 Å². The fourth-order valence-corrected chi connectivity index (χ4v) is 4.03. The van der Waals surface area contributed by atoms with Gasteiger partial charge in [-0.05, 0) is 31.2 Å². The molecule has 0 aliphatic heterocycles. The van der Waals surface area contributed by atoms with Crippen molar-refractivity contribution in [3.63, 3.8) is 0 Å². The maximum Gasteiger partial charge on any atom is 0.312 e. The molecule has 4 aromatic rings. The third-order valence-corrected chi connectivity index (χ3v) is 5.67. The van der Waals surface area contributed by atoms with E-state index in [1.165, 1.54) is 11.3 Å². The van der Waals surface area contributed by atoms with E-state index in [0.29, 0.717) is 40.3 Å². The molecular formula is C23H21N3O5S. The zero-order valence-electron chi connectivity index (χ0n) is 17.6. The highest BCUT2D eigenvalue weighted by atomic mass is 32.1. The number of aromatic amines is 1. The van der Waals surface area contributed by atoms with E-state index < -0.39 is 5.97 Å². The number of aromatic nitrogens is 3. The first-order valence-corrected chi connectivity index (χ1v) is 10.8. The predicted octanol–water partition coefficient (Wildman–Crippen LogP) is 3.74. The maximum atomic E-state index is 12.4. The summed E-state index contributed by atoms with van der Waals surface area (Å²) in [7, 11) is 1.59. The number of thiazole rings is 1. The number of hydrogen-bond donors (Lipinski definition) is 1. The van der Waals surface area contributed by atoms with Gasteiger partial charge < -0.3 is 14.2 Å². The Bertz CT molecular complexity index is 1310. The van der Waals surface area contributed by atoms with Gasteiger partial charge in [-0.2, -0.15) is 5.10 Å². The third kappa shape index (κ3) is 4.62.